The average molecular weight is 399 g/mol. The molecular weight excluding hydrogens is 370 g/mol. The third-order valence-electron chi connectivity index (χ3n) is 5.77. The Balaban J connectivity index is 1.26. The number of rotatable bonds is 3. The summed E-state index contributed by atoms with van der Waals surface area (Å²) in [7, 11) is 0. The van der Waals surface area contributed by atoms with Crippen molar-refractivity contribution in [1.82, 2.24) is 10.3 Å². The molecule has 5 rings (SSSR count). The Labute approximate surface area is 175 Å². The van der Waals surface area contributed by atoms with E-state index in [2.05, 4.69) is 10.2 Å². The van der Waals surface area contributed by atoms with E-state index < -0.39 is 13.1 Å². The first-order chi connectivity index (χ1) is 15.6. The number of aromatic nitrogens is 1. The van der Waals surface area contributed by atoms with E-state index in [1.807, 2.05) is 13.8 Å². The SMILES string of the molecule is [2H]C1([2H])Oc2ccc(OC3CCN(c4nc5c(c(C)c4C)C(=O)NC5)CC3)cc2OC1([2H])[2H]. The number of piperidine rings is 1. The Kier molecular flexibility index (Phi) is 3.47. The fraction of sp³-hybridized carbons (Fsp3) is 0.455. The highest BCUT2D eigenvalue weighted by molar-refractivity contribution is 5.99. The number of nitrogens with zero attached hydrogens (tertiary/aromatic N) is 2. The second-order valence-electron chi connectivity index (χ2n) is 7.51. The molecule has 0 atom stereocenters. The van der Waals surface area contributed by atoms with Crippen molar-refractivity contribution in [3.8, 4) is 17.2 Å². The molecule has 1 aromatic heterocycles. The van der Waals surface area contributed by atoms with Gasteiger partial charge in [0.25, 0.3) is 5.91 Å². The number of benzene rings is 1. The molecule has 0 bridgehead atoms. The van der Waals surface area contributed by atoms with Gasteiger partial charge < -0.3 is 24.4 Å². The van der Waals surface area contributed by atoms with Gasteiger partial charge in [-0.3, -0.25) is 4.79 Å². The summed E-state index contributed by atoms with van der Waals surface area (Å²) in [6.45, 7) is 0.754. The first-order valence-corrected chi connectivity index (χ1v) is 9.78. The lowest BCUT2D eigenvalue weighted by molar-refractivity contribution is 0.0965. The molecule has 152 valence electrons. The van der Waals surface area contributed by atoms with E-state index in [1.54, 1.807) is 6.07 Å². The number of nitrogens with one attached hydrogen (secondary N) is 1. The van der Waals surface area contributed by atoms with Crippen molar-refractivity contribution in [2.24, 2.45) is 0 Å². The lowest BCUT2D eigenvalue weighted by Crippen LogP contribution is -2.39. The first-order valence-electron chi connectivity index (χ1n) is 11.8. The summed E-state index contributed by atoms with van der Waals surface area (Å²) in [5, 5.41) is 2.85. The van der Waals surface area contributed by atoms with Crippen LogP contribution in [0.2, 0.25) is 0 Å². The Morgan fingerprint density at radius 2 is 1.93 bits per heavy atom. The van der Waals surface area contributed by atoms with Gasteiger partial charge in [0.15, 0.2) is 11.5 Å². The van der Waals surface area contributed by atoms with Gasteiger partial charge in [-0.05, 0) is 37.1 Å². The van der Waals surface area contributed by atoms with Gasteiger partial charge in [0.2, 0.25) is 0 Å². The monoisotopic (exact) mass is 399 g/mol. The second kappa shape index (κ2) is 7.13. The highest BCUT2D eigenvalue weighted by atomic mass is 16.6. The highest BCUT2D eigenvalue weighted by Gasteiger charge is 2.29. The third kappa shape index (κ3) is 3.24. The standard InChI is InChI=1S/C22H25N3O4/c1-13-14(2)21(24-17-12-23-22(26)20(13)17)25-7-5-15(6-8-25)29-16-3-4-18-19(11-16)28-10-9-27-18/h3-4,11,15H,5-10,12H2,1-2H3,(H,23,26)/i9D2,10D2. The second-order valence-corrected chi connectivity index (χ2v) is 7.51. The van der Waals surface area contributed by atoms with Crippen LogP contribution in [-0.2, 0) is 6.54 Å². The average Bonchev–Trinajstić information content (AvgIpc) is 3.13. The summed E-state index contributed by atoms with van der Waals surface area (Å²) in [6, 6.07) is 4.74. The molecule has 0 saturated carbocycles. The van der Waals surface area contributed by atoms with E-state index >= 15 is 0 Å². The molecule has 1 N–H and O–H groups in total. The van der Waals surface area contributed by atoms with Gasteiger partial charge in [0.05, 0.1) is 23.3 Å². The number of hydrogen-bond donors (Lipinski definition) is 1. The molecule has 3 aliphatic heterocycles. The molecule has 1 amide bonds. The summed E-state index contributed by atoms with van der Waals surface area (Å²) < 4.78 is 47.3. The van der Waals surface area contributed by atoms with Crippen LogP contribution >= 0.6 is 0 Å². The fourth-order valence-corrected chi connectivity index (χ4v) is 4.08. The number of carbonyl (C=O) groups is 1. The predicted molar refractivity (Wildman–Crippen MR) is 108 cm³/mol. The largest absolute Gasteiger partial charge is 0.490 e. The van der Waals surface area contributed by atoms with E-state index in [4.69, 9.17) is 24.7 Å². The zero-order valence-corrected chi connectivity index (χ0v) is 16.4. The van der Waals surface area contributed by atoms with Crippen LogP contribution in [0.4, 0.5) is 5.82 Å². The summed E-state index contributed by atoms with van der Waals surface area (Å²) in [5.74, 6) is 1.62. The minimum absolute atomic E-state index is 0.0360. The van der Waals surface area contributed by atoms with Crippen LogP contribution < -0.4 is 24.4 Å². The van der Waals surface area contributed by atoms with Gasteiger partial charge in [0.1, 0.15) is 30.8 Å². The minimum atomic E-state index is -2.61. The fourth-order valence-electron chi connectivity index (χ4n) is 4.08. The van der Waals surface area contributed by atoms with E-state index in [0.717, 1.165) is 48.6 Å². The van der Waals surface area contributed by atoms with Gasteiger partial charge in [0, 0.05) is 32.0 Å². The quantitative estimate of drug-likeness (QED) is 0.856. The number of pyridine rings is 1. The van der Waals surface area contributed by atoms with E-state index in [9.17, 15) is 4.79 Å². The number of anilines is 1. The maximum absolute atomic E-state index is 12.1. The van der Waals surface area contributed by atoms with Crippen LogP contribution in [0.5, 0.6) is 17.2 Å². The molecular formula is C22H25N3O4. The molecule has 0 unspecified atom stereocenters. The Morgan fingerprint density at radius 1 is 1.17 bits per heavy atom. The molecule has 7 nitrogen and oxygen atoms in total. The predicted octanol–water partition coefficient (Wildman–Crippen LogP) is 2.76. The Hall–Kier alpha value is -2.96. The van der Waals surface area contributed by atoms with Gasteiger partial charge in [-0.25, -0.2) is 4.98 Å². The van der Waals surface area contributed by atoms with Crippen molar-refractivity contribution in [3.05, 3.63) is 40.6 Å². The Morgan fingerprint density at radius 3 is 2.72 bits per heavy atom. The van der Waals surface area contributed by atoms with Crippen molar-refractivity contribution in [3.63, 3.8) is 0 Å². The summed E-state index contributed by atoms with van der Waals surface area (Å²) >= 11 is 0. The van der Waals surface area contributed by atoms with Crippen molar-refractivity contribution < 1.29 is 24.5 Å². The van der Waals surface area contributed by atoms with Crippen LogP contribution in [0.15, 0.2) is 18.2 Å². The third-order valence-corrected chi connectivity index (χ3v) is 5.77. The Bertz CT molecular complexity index is 1130. The maximum atomic E-state index is 12.1. The van der Waals surface area contributed by atoms with E-state index in [1.165, 1.54) is 12.1 Å². The van der Waals surface area contributed by atoms with E-state index in [0.29, 0.717) is 17.9 Å². The van der Waals surface area contributed by atoms with Gasteiger partial charge in [-0.1, -0.05) is 0 Å². The number of ether oxygens (including phenoxy) is 3. The molecule has 1 aromatic carbocycles. The van der Waals surface area contributed by atoms with Crippen molar-refractivity contribution in [2.75, 3.05) is 31.1 Å². The number of hydrogen-bond acceptors (Lipinski definition) is 6. The van der Waals surface area contributed by atoms with Crippen LogP contribution in [-0.4, -0.2) is 43.2 Å². The first kappa shape index (κ1) is 14.1. The summed E-state index contributed by atoms with van der Waals surface area (Å²) in [6.07, 6.45) is 1.50. The zero-order valence-electron chi connectivity index (χ0n) is 20.4. The lowest BCUT2D eigenvalue weighted by atomic mass is 10.0. The molecule has 0 radical (unpaired) electrons. The normalized spacial score (nSPS) is 23.9. The highest BCUT2D eigenvalue weighted by Crippen LogP contribution is 2.35. The maximum Gasteiger partial charge on any atom is 0.253 e. The summed E-state index contributed by atoms with van der Waals surface area (Å²) in [4.78, 5) is 19.1. The molecule has 3 aliphatic rings. The van der Waals surface area contributed by atoms with Gasteiger partial charge in [-0.15, -0.1) is 0 Å². The molecule has 1 saturated heterocycles. The molecule has 7 heteroatoms. The molecule has 0 spiro atoms. The van der Waals surface area contributed by atoms with E-state index in [-0.39, 0.29) is 23.5 Å². The molecule has 0 aliphatic carbocycles. The number of fused-ring (bicyclic) bond motifs is 2. The summed E-state index contributed by atoms with van der Waals surface area (Å²) in [5.41, 5.74) is 3.50. The molecule has 4 heterocycles. The molecule has 1 fully saturated rings. The number of amides is 1. The van der Waals surface area contributed by atoms with Crippen molar-refractivity contribution in [1.29, 1.82) is 0 Å². The van der Waals surface area contributed by atoms with Crippen LogP contribution in [0, 0.1) is 13.8 Å². The minimum Gasteiger partial charge on any atom is -0.490 e. The zero-order chi connectivity index (χ0) is 23.5. The number of carbonyl (C=O) groups excluding carboxylic acids is 1. The van der Waals surface area contributed by atoms with Crippen LogP contribution in [0.1, 0.15) is 45.5 Å². The van der Waals surface area contributed by atoms with Gasteiger partial charge >= 0.3 is 0 Å². The molecule has 29 heavy (non-hydrogen) atoms. The van der Waals surface area contributed by atoms with Crippen LogP contribution in [0.25, 0.3) is 0 Å². The van der Waals surface area contributed by atoms with Crippen molar-refractivity contribution in [2.45, 2.75) is 39.3 Å². The molecule has 2 aromatic rings. The van der Waals surface area contributed by atoms with Crippen LogP contribution in [0.3, 0.4) is 0 Å². The van der Waals surface area contributed by atoms with Gasteiger partial charge in [-0.2, -0.15) is 0 Å². The lowest BCUT2D eigenvalue weighted by Gasteiger charge is -2.34. The topological polar surface area (TPSA) is 72.9 Å². The smallest absolute Gasteiger partial charge is 0.253 e. The van der Waals surface area contributed by atoms with Crippen molar-refractivity contribution >= 4 is 11.7 Å².